The molecule has 3 saturated heterocycles. The Morgan fingerprint density at radius 2 is 1.83 bits per heavy atom. The van der Waals surface area contributed by atoms with Crippen LogP contribution in [0.2, 0.25) is 0 Å². The molecule has 148 valence electrons. The molecule has 0 radical (unpaired) electrons. The summed E-state index contributed by atoms with van der Waals surface area (Å²) in [5.74, 6) is 1.19. The van der Waals surface area contributed by atoms with E-state index >= 15 is 0 Å². The van der Waals surface area contributed by atoms with Crippen LogP contribution >= 0.6 is 0 Å². The fourth-order valence-electron chi connectivity index (χ4n) is 5.21. The highest BCUT2D eigenvalue weighted by atomic mass is 16.6. The quantitative estimate of drug-likeness (QED) is 0.674. The van der Waals surface area contributed by atoms with E-state index in [2.05, 4.69) is 27.1 Å². The molecule has 29 heavy (non-hydrogen) atoms. The van der Waals surface area contributed by atoms with Crippen LogP contribution in [0.3, 0.4) is 0 Å². The van der Waals surface area contributed by atoms with E-state index in [9.17, 15) is 4.79 Å². The van der Waals surface area contributed by atoms with Gasteiger partial charge in [-0.15, -0.1) is 0 Å². The maximum atomic E-state index is 13.5. The zero-order chi connectivity index (χ0) is 19.4. The normalized spacial score (nSPS) is 25.9. The third-order valence-electron chi connectivity index (χ3n) is 6.67. The van der Waals surface area contributed by atoms with E-state index in [0.717, 1.165) is 37.4 Å². The van der Waals surface area contributed by atoms with Crippen LogP contribution in [0.25, 0.3) is 5.65 Å². The van der Waals surface area contributed by atoms with E-state index < -0.39 is 5.60 Å². The van der Waals surface area contributed by atoms with Gasteiger partial charge in [-0.2, -0.15) is 9.61 Å². The molecule has 3 aliphatic rings. The first-order valence-corrected chi connectivity index (χ1v) is 10.3. The summed E-state index contributed by atoms with van der Waals surface area (Å²) in [5, 5.41) is 4.39. The number of fused-ring (bicyclic) bond motifs is 2. The largest absolute Gasteiger partial charge is 0.356 e. The molecule has 2 atom stereocenters. The number of rotatable bonds is 2. The van der Waals surface area contributed by atoms with Gasteiger partial charge in [0, 0.05) is 38.2 Å². The second-order valence-electron chi connectivity index (χ2n) is 8.17. The van der Waals surface area contributed by atoms with E-state index in [1.807, 2.05) is 45.9 Å². The summed E-state index contributed by atoms with van der Waals surface area (Å²) in [6, 6.07) is 14.4. The van der Waals surface area contributed by atoms with Crippen molar-refractivity contribution in [3.8, 4) is 0 Å². The fraction of sp³-hybridized carbons (Fsp3) is 0.409. The van der Waals surface area contributed by atoms with Crippen molar-refractivity contribution in [2.75, 3.05) is 18.0 Å². The molecule has 0 saturated carbocycles. The number of piperidine rings is 1. The van der Waals surface area contributed by atoms with Crippen LogP contribution in [0.4, 0.5) is 5.82 Å². The summed E-state index contributed by atoms with van der Waals surface area (Å²) in [7, 11) is 0. The van der Waals surface area contributed by atoms with E-state index in [1.165, 1.54) is 5.56 Å². The predicted molar refractivity (Wildman–Crippen MR) is 107 cm³/mol. The molecule has 3 aliphatic heterocycles. The molecule has 1 amide bonds. The summed E-state index contributed by atoms with van der Waals surface area (Å²) in [5.41, 5.74) is 1.37. The van der Waals surface area contributed by atoms with Gasteiger partial charge in [-0.25, -0.2) is 4.98 Å². The van der Waals surface area contributed by atoms with Crippen LogP contribution in [-0.4, -0.2) is 50.3 Å². The van der Waals surface area contributed by atoms with Gasteiger partial charge in [-0.3, -0.25) is 4.79 Å². The van der Waals surface area contributed by atoms with Crippen LogP contribution in [0, 0.1) is 0 Å². The molecule has 7 heteroatoms. The predicted octanol–water partition coefficient (Wildman–Crippen LogP) is 2.79. The maximum Gasteiger partial charge on any atom is 0.257 e. The first-order chi connectivity index (χ1) is 14.3. The number of hydrogen-bond acceptors (Lipinski definition) is 5. The number of carbonyl (C=O) groups is 1. The van der Waals surface area contributed by atoms with Crippen LogP contribution in [-0.2, 0) is 9.53 Å². The van der Waals surface area contributed by atoms with Crippen LogP contribution in [0.1, 0.15) is 37.3 Å². The minimum atomic E-state index is -0.676. The van der Waals surface area contributed by atoms with Crippen molar-refractivity contribution in [2.45, 2.75) is 43.6 Å². The molecular formula is C22H23N5O2. The Labute approximate surface area is 168 Å². The average molecular weight is 389 g/mol. The lowest BCUT2D eigenvalue weighted by Crippen LogP contribution is -2.50. The lowest BCUT2D eigenvalue weighted by Gasteiger charge is -2.38. The van der Waals surface area contributed by atoms with Gasteiger partial charge in [0.05, 0.1) is 12.2 Å². The topological polar surface area (TPSA) is 63.0 Å². The van der Waals surface area contributed by atoms with Gasteiger partial charge in [0.2, 0.25) is 0 Å². The van der Waals surface area contributed by atoms with Gasteiger partial charge in [0.15, 0.2) is 11.2 Å². The smallest absolute Gasteiger partial charge is 0.257 e. The SMILES string of the molecule is O=C1N2[C@@H](CC[C@H]2c2ccccc2)OC12CCN(c1ccnc3ccnn13)CC2. The second-order valence-corrected chi connectivity index (χ2v) is 8.17. The molecule has 0 unspecified atom stereocenters. The first-order valence-electron chi connectivity index (χ1n) is 10.3. The van der Waals surface area contributed by atoms with Crippen LogP contribution in [0.5, 0.6) is 0 Å². The average Bonchev–Trinajstić information content (AvgIpc) is 3.46. The van der Waals surface area contributed by atoms with Gasteiger partial charge in [0.25, 0.3) is 5.91 Å². The molecule has 3 fully saturated rings. The Balaban J connectivity index is 1.23. The van der Waals surface area contributed by atoms with E-state index in [0.29, 0.717) is 12.8 Å². The lowest BCUT2D eigenvalue weighted by molar-refractivity contribution is -0.140. The molecule has 7 nitrogen and oxygen atoms in total. The van der Waals surface area contributed by atoms with Gasteiger partial charge >= 0.3 is 0 Å². The number of carbonyl (C=O) groups excluding carboxylic acids is 1. The molecule has 3 aromatic rings. The number of hydrogen-bond donors (Lipinski definition) is 0. The highest BCUT2D eigenvalue weighted by Gasteiger charge is 2.57. The number of aromatic nitrogens is 3. The van der Waals surface area contributed by atoms with Crippen molar-refractivity contribution in [3.05, 3.63) is 60.4 Å². The standard InChI is InChI=1S/C22H23N5O2/c28-21-22(29-20-7-6-17(26(20)21)16-4-2-1-3-5-16)10-14-25(15-11-22)19-9-12-23-18-8-13-24-27(18)19/h1-5,8-9,12-13,17,20H,6-7,10-11,14-15H2/t17-,20+/m0/s1. The fourth-order valence-corrected chi connectivity index (χ4v) is 5.21. The van der Waals surface area contributed by atoms with E-state index in [1.54, 1.807) is 6.20 Å². The Bertz CT molecular complexity index is 1060. The highest BCUT2D eigenvalue weighted by molar-refractivity contribution is 5.88. The molecule has 6 rings (SSSR count). The third-order valence-corrected chi connectivity index (χ3v) is 6.67. The molecule has 5 heterocycles. The molecule has 0 N–H and O–H groups in total. The zero-order valence-electron chi connectivity index (χ0n) is 16.1. The molecule has 1 aromatic carbocycles. The first kappa shape index (κ1) is 17.0. The summed E-state index contributed by atoms with van der Waals surface area (Å²) < 4.78 is 8.31. The highest BCUT2D eigenvalue weighted by Crippen LogP contribution is 2.47. The summed E-state index contributed by atoms with van der Waals surface area (Å²) in [4.78, 5) is 22.2. The molecule has 0 bridgehead atoms. The van der Waals surface area contributed by atoms with E-state index in [4.69, 9.17) is 4.74 Å². The monoisotopic (exact) mass is 389 g/mol. The van der Waals surface area contributed by atoms with Crippen molar-refractivity contribution in [3.63, 3.8) is 0 Å². The van der Waals surface area contributed by atoms with Gasteiger partial charge in [-0.05, 0) is 24.5 Å². The Hall–Kier alpha value is -2.93. The minimum Gasteiger partial charge on any atom is -0.356 e. The van der Waals surface area contributed by atoms with Crippen molar-refractivity contribution in [1.82, 2.24) is 19.5 Å². The summed E-state index contributed by atoms with van der Waals surface area (Å²) >= 11 is 0. The van der Waals surface area contributed by atoms with Crippen molar-refractivity contribution < 1.29 is 9.53 Å². The summed E-state index contributed by atoms with van der Waals surface area (Å²) in [6.07, 6.45) is 6.77. The van der Waals surface area contributed by atoms with E-state index in [-0.39, 0.29) is 18.2 Å². The van der Waals surface area contributed by atoms with Gasteiger partial charge < -0.3 is 14.5 Å². The van der Waals surface area contributed by atoms with Crippen LogP contribution in [0.15, 0.2) is 54.9 Å². The Morgan fingerprint density at radius 3 is 2.66 bits per heavy atom. The van der Waals surface area contributed by atoms with Gasteiger partial charge in [0.1, 0.15) is 12.0 Å². The molecular weight excluding hydrogens is 366 g/mol. The Morgan fingerprint density at radius 1 is 1.00 bits per heavy atom. The number of amides is 1. The molecule has 2 aromatic heterocycles. The second kappa shape index (κ2) is 6.29. The van der Waals surface area contributed by atoms with Crippen LogP contribution < -0.4 is 4.90 Å². The van der Waals surface area contributed by atoms with Gasteiger partial charge in [-0.1, -0.05) is 30.3 Å². The van der Waals surface area contributed by atoms with Crippen molar-refractivity contribution in [1.29, 1.82) is 0 Å². The number of ether oxygens (including phenoxy) is 1. The summed E-state index contributed by atoms with van der Waals surface area (Å²) in [6.45, 7) is 1.53. The molecule has 1 spiro atoms. The molecule has 0 aliphatic carbocycles. The number of benzene rings is 1. The van der Waals surface area contributed by atoms with Crippen molar-refractivity contribution in [2.24, 2.45) is 0 Å². The number of nitrogens with zero attached hydrogens (tertiary/aromatic N) is 5. The maximum absolute atomic E-state index is 13.5. The number of anilines is 1. The van der Waals surface area contributed by atoms with Crippen molar-refractivity contribution >= 4 is 17.4 Å². The lowest BCUT2D eigenvalue weighted by atomic mass is 9.89. The Kier molecular flexibility index (Phi) is 3.68. The minimum absolute atomic E-state index is 0.0852. The third kappa shape index (κ3) is 2.50. The zero-order valence-corrected chi connectivity index (χ0v) is 16.1.